The molecule has 2 aromatic rings. The van der Waals surface area contributed by atoms with E-state index >= 15 is 0 Å². The maximum absolute atomic E-state index is 12.8. The quantitative estimate of drug-likeness (QED) is 0.890. The zero-order chi connectivity index (χ0) is 14.5. The summed E-state index contributed by atoms with van der Waals surface area (Å²) in [6.45, 7) is 1.01. The first-order valence-electron chi connectivity index (χ1n) is 6.27. The van der Waals surface area contributed by atoms with E-state index in [1.54, 1.807) is 11.6 Å². The first-order valence-corrected chi connectivity index (χ1v) is 7.21. The summed E-state index contributed by atoms with van der Waals surface area (Å²) in [4.78, 5) is 6.26. The highest BCUT2D eigenvalue weighted by Crippen LogP contribution is 2.25. The highest BCUT2D eigenvalue weighted by molar-refractivity contribution is 7.07. The van der Waals surface area contributed by atoms with E-state index in [1.807, 2.05) is 23.4 Å². The Balaban J connectivity index is 2.16. The second kappa shape index (κ2) is 6.88. The second-order valence-corrected chi connectivity index (χ2v) is 5.34. The van der Waals surface area contributed by atoms with E-state index in [0.717, 1.165) is 11.3 Å². The molecule has 20 heavy (non-hydrogen) atoms. The first-order chi connectivity index (χ1) is 9.61. The van der Waals surface area contributed by atoms with Gasteiger partial charge < -0.3 is 5.73 Å². The molecule has 1 atom stereocenters. The van der Waals surface area contributed by atoms with Crippen molar-refractivity contribution in [1.82, 2.24) is 9.88 Å². The largest absolute Gasteiger partial charge is 0.329 e. The van der Waals surface area contributed by atoms with E-state index in [1.165, 1.54) is 23.5 Å². The standard InChI is InChI=1S/C14H17F2N3S/c1-19(7-12-8-20-9-18-12)13(6-17)10-3-2-4-11(5-10)14(15)16/h2-5,8-9,13-14H,6-7,17H2,1H3. The number of nitrogens with two attached hydrogens (primary N) is 1. The van der Waals surface area contributed by atoms with Crippen molar-refractivity contribution < 1.29 is 8.78 Å². The molecule has 0 spiro atoms. The lowest BCUT2D eigenvalue weighted by Gasteiger charge is -2.27. The third-order valence-corrected chi connectivity index (χ3v) is 3.83. The molecular formula is C14H17F2N3S. The fourth-order valence-corrected chi connectivity index (χ4v) is 2.70. The maximum Gasteiger partial charge on any atom is 0.263 e. The molecule has 1 unspecified atom stereocenters. The van der Waals surface area contributed by atoms with Gasteiger partial charge in [0.1, 0.15) is 0 Å². The predicted octanol–water partition coefficient (Wildman–Crippen LogP) is 3.21. The van der Waals surface area contributed by atoms with Gasteiger partial charge in [-0.1, -0.05) is 18.2 Å². The number of hydrogen-bond donors (Lipinski definition) is 1. The Hall–Kier alpha value is -1.37. The van der Waals surface area contributed by atoms with E-state index in [4.69, 9.17) is 5.73 Å². The van der Waals surface area contributed by atoms with Crippen molar-refractivity contribution >= 4 is 11.3 Å². The molecule has 0 aliphatic rings. The molecule has 0 radical (unpaired) electrons. The van der Waals surface area contributed by atoms with Crippen LogP contribution < -0.4 is 5.73 Å². The van der Waals surface area contributed by atoms with Gasteiger partial charge in [0.15, 0.2) is 0 Å². The SMILES string of the molecule is CN(Cc1cscn1)C(CN)c1cccc(C(F)F)c1. The molecule has 0 amide bonds. The Kier molecular flexibility index (Phi) is 5.17. The Morgan fingerprint density at radius 1 is 1.35 bits per heavy atom. The Morgan fingerprint density at radius 3 is 2.70 bits per heavy atom. The van der Waals surface area contributed by atoms with Gasteiger partial charge in [0.25, 0.3) is 6.43 Å². The van der Waals surface area contributed by atoms with Crippen molar-refractivity contribution in [3.63, 3.8) is 0 Å². The number of nitrogens with zero attached hydrogens (tertiary/aromatic N) is 2. The molecule has 0 saturated carbocycles. The van der Waals surface area contributed by atoms with Crippen molar-refractivity contribution in [2.45, 2.75) is 19.0 Å². The van der Waals surface area contributed by atoms with E-state index in [0.29, 0.717) is 13.1 Å². The van der Waals surface area contributed by atoms with Gasteiger partial charge >= 0.3 is 0 Å². The van der Waals surface area contributed by atoms with E-state index in [9.17, 15) is 8.78 Å². The molecule has 0 saturated heterocycles. The molecule has 1 heterocycles. The third-order valence-electron chi connectivity index (χ3n) is 3.20. The fraction of sp³-hybridized carbons (Fsp3) is 0.357. The summed E-state index contributed by atoms with van der Waals surface area (Å²) in [5.41, 5.74) is 9.39. The molecule has 3 nitrogen and oxygen atoms in total. The van der Waals surface area contributed by atoms with Crippen LogP contribution in [0.1, 0.15) is 29.3 Å². The van der Waals surface area contributed by atoms with Crippen LogP contribution >= 0.6 is 11.3 Å². The number of aromatic nitrogens is 1. The molecule has 6 heteroatoms. The van der Waals surface area contributed by atoms with Gasteiger partial charge in [-0.05, 0) is 18.7 Å². The lowest BCUT2D eigenvalue weighted by molar-refractivity contribution is 0.151. The highest BCUT2D eigenvalue weighted by atomic mass is 32.1. The highest BCUT2D eigenvalue weighted by Gasteiger charge is 2.18. The smallest absolute Gasteiger partial charge is 0.263 e. The van der Waals surface area contributed by atoms with Crippen molar-refractivity contribution in [2.75, 3.05) is 13.6 Å². The minimum Gasteiger partial charge on any atom is -0.329 e. The average molecular weight is 297 g/mol. The summed E-state index contributed by atoms with van der Waals surface area (Å²) in [5, 5.41) is 1.97. The van der Waals surface area contributed by atoms with Crippen molar-refractivity contribution in [3.05, 3.63) is 52.0 Å². The maximum atomic E-state index is 12.8. The van der Waals surface area contributed by atoms with Gasteiger partial charge in [0.05, 0.1) is 11.2 Å². The summed E-state index contributed by atoms with van der Waals surface area (Å²) < 4.78 is 25.5. The number of hydrogen-bond acceptors (Lipinski definition) is 4. The molecule has 1 aromatic heterocycles. The van der Waals surface area contributed by atoms with Crippen LogP contribution in [0.2, 0.25) is 0 Å². The molecular weight excluding hydrogens is 280 g/mol. The van der Waals surface area contributed by atoms with Crippen LogP contribution in [0.3, 0.4) is 0 Å². The zero-order valence-electron chi connectivity index (χ0n) is 11.2. The lowest BCUT2D eigenvalue weighted by atomic mass is 10.0. The van der Waals surface area contributed by atoms with E-state index < -0.39 is 6.43 Å². The van der Waals surface area contributed by atoms with E-state index in [2.05, 4.69) is 4.98 Å². The van der Waals surface area contributed by atoms with Gasteiger partial charge in [-0.3, -0.25) is 4.90 Å². The summed E-state index contributed by atoms with van der Waals surface area (Å²) in [5.74, 6) is 0. The molecule has 1 aromatic carbocycles. The van der Waals surface area contributed by atoms with Crippen molar-refractivity contribution in [1.29, 1.82) is 0 Å². The minimum atomic E-state index is -2.46. The number of thiazole rings is 1. The van der Waals surface area contributed by atoms with Gasteiger partial charge in [0, 0.05) is 30.1 Å². The molecule has 0 aliphatic heterocycles. The van der Waals surface area contributed by atoms with Crippen LogP contribution in [-0.2, 0) is 6.54 Å². The monoisotopic (exact) mass is 297 g/mol. The number of benzene rings is 1. The molecule has 0 fully saturated rings. The summed E-state index contributed by atoms with van der Waals surface area (Å²) in [7, 11) is 1.92. The van der Waals surface area contributed by atoms with Crippen LogP contribution in [0.25, 0.3) is 0 Å². The van der Waals surface area contributed by atoms with Gasteiger partial charge in [-0.2, -0.15) is 0 Å². The fourth-order valence-electron chi connectivity index (χ4n) is 2.15. The first kappa shape index (κ1) is 15.0. The Labute approximate surface area is 121 Å². The van der Waals surface area contributed by atoms with Crippen LogP contribution in [0.4, 0.5) is 8.78 Å². The average Bonchev–Trinajstić information content (AvgIpc) is 2.92. The number of halogens is 2. The van der Waals surface area contributed by atoms with Crippen LogP contribution in [0, 0.1) is 0 Å². The van der Waals surface area contributed by atoms with E-state index in [-0.39, 0.29) is 11.6 Å². The lowest BCUT2D eigenvalue weighted by Crippen LogP contribution is -2.30. The molecule has 2 N–H and O–H groups in total. The second-order valence-electron chi connectivity index (χ2n) is 4.62. The molecule has 0 bridgehead atoms. The summed E-state index contributed by atoms with van der Waals surface area (Å²) in [6.07, 6.45) is -2.46. The van der Waals surface area contributed by atoms with Crippen molar-refractivity contribution in [3.8, 4) is 0 Å². The normalized spacial score (nSPS) is 13.1. The third kappa shape index (κ3) is 3.59. The van der Waals surface area contributed by atoms with Gasteiger partial charge in [0.2, 0.25) is 0 Å². The molecule has 0 aliphatic carbocycles. The van der Waals surface area contributed by atoms with Gasteiger partial charge in [-0.15, -0.1) is 11.3 Å². The van der Waals surface area contributed by atoms with Crippen LogP contribution in [0.5, 0.6) is 0 Å². The Bertz CT molecular complexity index is 531. The van der Waals surface area contributed by atoms with Crippen molar-refractivity contribution in [2.24, 2.45) is 5.73 Å². The summed E-state index contributed by atoms with van der Waals surface area (Å²) in [6, 6.07) is 6.34. The number of rotatable bonds is 6. The minimum absolute atomic E-state index is 0.0306. The predicted molar refractivity (Wildman–Crippen MR) is 76.8 cm³/mol. The topological polar surface area (TPSA) is 42.2 Å². The number of alkyl halides is 2. The van der Waals surface area contributed by atoms with Gasteiger partial charge in [-0.25, -0.2) is 13.8 Å². The van der Waals surface area contributed by atoms with Crippen LogP contribution in [-0.4, -0.2) is 23.5 Å². The molecule has 2 rings (SSSR count). The molecule has 108 valence electrons. The zero-order valence-corrected chi connectivity index (χ0v) is 12.0. The summed E-state index contributed by atoms with van der Waals surface area (Å²) >= 11 is 1.53. The van der Waals surface area contributed by atoms with Crippen LogP contribution in [0.15, 0.2) is 35.2 Å². The number of likely N-dealkylation sites (N-methyl/N-ethyl adjacent to an activating group) is 1. The Morgan fingerprint density at radius 2 is 2.10 bits per heavy atom.